The second-order valence-electron chi connectivity index (χ2n) is 4.12. The van der Waals surface area contributed by atoms with Crippen LogP contribution in [0.1, 0.15) is 15.9 Å². The molecular formula is C14H11N3O3S. The molecule has 2 rings (SSSR count). The molecule has 1 aromatic heterocycles. The number of amides is 2. The number of hydrogen-bond acceptors (Lipinski definition) is 4. The zero-order valence-electron chi connectivity index (χ0n) is 11.0. The summed E-state index contributed by atoms with van der Waals surface area (Å²) in [7, 11) is 1.54. The van der Waals surface area contributed by atoms with Crippen molar-refractivity contribution in [2.24, 2.45) is 0 Å². The predicted molar refractivity (Wildman–Crippen MR) is 79.9 cm³/mol. The third-order valence-electron chi connectivity index (χ3n) is 2.78. The van der Waals surface area contributed by atoms with Gasteiger partial charge in [-0.3, -0.25) is 10.2 Å². The number of nitrogens with one attached hydrogen (secondary N) is 1. The van der Waals surface area contributed by atoms with Crippen LogP contribution in [0.15, 0.2) is 35.7 Å². The van der Waals surface area contributed by atoms with E-state index >= 15 is 0 Å². The molecule has 0 fully saturated rings. The topological polar surface area (TPSA) is 93.4 Å². The maximum atomic E-state index is 12.1. The molecule has 0 unspecified atom stereocenters. The standard InChI is InChI=1S/C14H11N3O3S/c1-17(10-4-2-3-9(7-10)8-15)14(20)16-12-11(13(18)19)5-6-21-12/h2-7H,1H3,(H,16,20)(H,18,19). The molecule has 6 nitrogen and oxygen atoms in total. The maximum absolute atomic E-state index is 12.1. The predicted octanol–water partition coefficient (Wildman–Crippen LogP) is 2.99. The van der Waals surface area contributed by atoms with Gasteiger partial charge in [0, 0.05) is 12.7 Å². The number of anilines is 2. The van der Waals surface area contributed by atoms with Gasteiger partial charge in [-0.15, -0.1) is 11.3 Å². The molecule has 1 heterocycles. The summed E-state index contributed by atoms with van der Waals surface area (Å²) >= 11 is 1.13. The van der Waals surface area contributed by atoms with E-state index in [1.54, 1.807) is 36.7 Å². The molecule has 106 valence electrons. The average Bonchev–Trinajstić information content (AvgIpc) is 2.94. The van der Waals surface area contributed by atoms with Gasteiger partial charge in [0.25, 0.3) is 0 Å². The molecule has 7 heteroatoms. The highest BCUT2D eigenvalue weighted by atomic mass is 32.1. The summed E-state index contributed by atoms with van der Waals surface area (Å²) in [5, 5.41) is 22.3. The lowest BCUT2D eigenvalue weighted by Gasteiger charge is -2.18. The largest absolute Gasteiger partial charge is 0.478 e. The Kier molecular flexibility index (Phi) is 4.21. The van der Waals surface area contributed by atoms with Crippen molar-refractivity contribution in [2.45, 2.75) is 0 Å². The van der Waals surface area contributed by atoms with Crippen LogP contribution in [0.4, 0.5) is 15.5 Å². The molecule has 0 saturated carbocycles. The molecule has 0 spiro atoms. The Morgan fingerprint density at radius 1 is 1.38 bits per heavy atom. The van der Waals surface area contributed by atoms with Gasteiger partial charge in [-0.05, 0) is 29.6 Å². The summed E-state index contributed by atoms with van der Waals surface area (Å²) in [6.07, 6.45) is 0. The summed E-state index contributed by atoms with van der Waals surface area (Å²) < 4.78 is 0. The second-order valence-corrected chi connectivity index (χ2v) is 5.04. The summed E-state index contributed by atoms with van der Waals surface area (Å²) in [5.74, 6) is -1.10. The monoisotopic (exact) mass is 301 g/mol. The van der Waals surface area contributed by atoms with E-state index < -0.39 is 12.0 Å². The third-order valence-corrected chi connectivity index (χ3v) is 3.61. The summed E-state index contributed by atoms with van der Waals surface area (Å²) in [5.41, 5.74) is 1.03. The Bertz CT molecular complexity index is 733. The van der Waals surface area contributed by atoms with Crippen molar-refractivity contribution < 1.29 is 14.7 Å². The molecule has 2 aromatic rings. The Labute approximate surface area is 124 Å². The van der Waals surface area contributed by atoms with Crippen LogP contribution in [0, 0.1) is 11.3 Å². The normalized spacial score (nSPS) is 9.71. The van der Waals surface area contributed by atoms with Crippen LogP contribution in [0.5, 0.6) is 0 Å². The second kappa shape index (κ2) is 6.07. The van der Waals surface area contributed by atoms with Gasteiger partial charge in [-0.1, -0.05) is 6.07 Å². The van der Waals surface area contributed by atoms with Gasteiger partial charge in [0.15, 0.2) is 0 Å². The number of aromatic carboxylic acids is 1. The summed E-state index contributed by atoms with van der Waals surface area (Å²) in [6, 6.07) is 9.52. The molecule has 0 saturated heterocycles. The zero-order valence-corrected chi connectivity index (χ0v) is 11.8. The van der Waals surface area contributed by atoms with Crippen molar-refractivity contribution in [2.75, 3.05) is 17.3 Å². The highest BCUT2D eigenvalue weighted by Crippen LogP contribution is 2.24. The number of nitrogens with zero attached hydrogens (tertiary/aromatic N) is 2. The van der Waals surface area contributed by atoms with E-state index in [2.05, 4.69) is 5.32 Å². The number of urea groups is 1. The van der Waals surface area contributed by atoms with E-state index in [9.17, 15) is 9.59 Å². The van der Waals surface area contributed by atoms with Gasteiger partial charge in [0.2, 0.25) is 0 Å². The summed E-state index contributed by atoms with van der Waals surface area (Å²) in [6.45, 7) is 0. The van der Waals surface area contributed by atoms with Crippen molar-refractivity contribution in [1.82, 2.24) is 0 Å². The fourth-order valence-corrected chi connectivity index (χ4v) is 2.43. The molecule has 2 amide bonds. The van der Waals surface area contributed by atoms with Crippen LogP contribution in [0.2, 0.25) is 0 Å². The molecule has 1 aromatic carbocycles. The molecule has 0 atom stereocenters. The van der Waals surface area contributed by atoms with Gasteiger partial charge >= 0.3 is 12.0 Å². The van der Waals surface area contributed by atoms with Crippen LogP contribution in [-0.2, 0) is 0 Å². The minimum atomic E-state index is -1.10. The van der Waals surface area contributed by atoms with Crippen LogP contribution in [0.3, 0.4) is 0 Å². The third kappa shape index (κ3) is 3.19. The number of thiophene rings is 1. The fourth-order valence-electron chi connectivity index (χ4n) is 1.66. The quantitative estimate of drug-likeness (QED) is 0.911. The minimum absolute atomic E-state index is 0.0486. The SMILES string of the molecule is CN(C(=O)Nc1sccc1C(=O)O)c1cccc(C#N)c1. The smallest absolute Gasteiger partial charge is 0.338 e. The number of rotatable bonds is 3. The first kappa shape index (κ1) is 14.6. The number of nitriles is 1. The number of benzene rings is 1. The molecular weight excluding hydrogens is 290 g/mol. The van der Waals surface area contributed by atoms with Crippen molar-refractivity contribution in [1.29, 1.82) is 5.26 Å². The van der Waals surface area contributed by atoms with E-state index in [-0.39, 0.29) is 10.6 Å². The lowest BCUT2D eigenvalue weighted by atomic mass is 10.2. The molecule has 0 bridgehead atoms. The molecule has 0 radical (unpaired) electrons. The van der Waals surface area contributed by atoms with E-state index in [1.165, 1.54) is 11.0 Å². The van der Waals surface area contributed by atoms with E-state index in [1.807, 2.05) is 6.07 Å². The Balaban J connectivity index is 2.18. The van der Waals surface area contributed by atoms with Gasteiger partial charge in [0.1, 0.15) is 5.00 Å². The zero-order chi connectivity index (χ0) is 15.4. The number of carbonyl (C=O) groups is 2. The van der Waals surface area contributed by atoms with Gasteiger partial charge in [-0.2, -0.15) is 5.26 Å². The van der Waals surface area contributed by atoms with Gasteiger partial charge in [0.05, 0.1) is 17.2 Å². The van der Waals surface area contributed by atoms with Crippen LogP contribution < -0.4 is 10.2 Å². The lowest BCUT2D eigenvalue weighted by molar-refractivity contribution is 0.0698. The molecule has 0 aliphatic heterocycles. The van der Waals surface area contributed by atoms with Crippen molar-refractivity contribution >= 4 is 34.0 Å². The first-order valence-corrected chi connectivity index (χ1v) is 6.76. The Hall–Kier alpha value is -2.85. The number of hydrogen-bond donors (Lipinski definition) is 2. The number of carboxylic acid groups (broad SMARTS) is 1. The minimum Gasteiger partial charge on any atom is -0.478 e. The van der Waals surface area contributed by atoms with Crippen molar-refractivity contribution in [3.05, 3.63) is 46.8 Å². The molecule has 0 aliphatic rings. The van der Waals surface area contributed by atoms with Gasteiger partial charge in [-0.25, -0.2) is 9.59 Å². The van der Waals surface area contributed by atoms with Crippen LogP contribution >= 0.6 is 11.3 Å². The average molecular weight is 301 g/mol. The van der Waals surface area contributed by atoms with Crippen molar-refractivity contribution in [3.63, 3.8) is 0 Å². The maximum Gasteiger partial charge on any atom is 0.338 e. The fraction of sp³-hybridized carbons (Fsp3) is 0.0714. The van der Waals surface area contributed by atoms with E-state index in [0.717, 1.165) is 11.3 Å². The first-order chi connectivity index (χ1) is 10.0. The number of carboxylic acids is 1. The van der Waals surface area contributed by atoms with Gasteiger partial charge < -0.3 is 5.11 Å². The molecule has 21 heavy (non-hydrogen) atoms. The highest BCUT2D eigenvalue weighted by Gasteiger charge is 2.17. The van der Waals surface area contributed by atoms with Crippen LogP contribution in [-0.4, -0.2) is 24.2 Å². The van der Waals surface area contributed by atoms with Crippen LogP contribution in [0.25, 0.3) is 0 Å². The number of carbonyl (C=O) groups excluding carboxylic acids is 1. The summed E-state index contributed by atoms with van der Waals surface area (Å²) in [4.78, 5) is 24.4. The van der Waals surface area contributed by atoms with E-state index in [4.69, 9.17) is 10.4 Å². The first-order valence-electron chi connectivity index (χ1n) is 5.88. The molecule has 2 N–H and O–H groups in total. The highest BCUT2D eigenvalue weighted by molar-refractivity contribution is 7.14. The van der Waals surface area contributed by atoms with E-state index in [0.29, 0.717) is 11.3 Å². The lowest BCUT2D eigenvalue weighted by Crippen LogP contribution is -2.31. The Morgan fingerprint density at radius 2 is 2.14 bits per heavy atom. The Morgan fingerprint density at radius 3 is 2.81 bits per heavy atom. The molecule has 0 aliphatic carbocycles. The van der Waals surface area contributed by atoms with Crippen molar-refractivity contribution in [3.8, 4) is 6.07 Å².